The summed E-state index contributed by atoms with van der Waals surface area (Å²) in [6.45, 7) is 0.966. The summed E-state index contributed by atoms with van der Waals surface area (Å²) >= 11 is 0. The highest BCUT2D eigenvalue weighted by atomic mass is 16.5. The van der Waals surface area contributed by atoms with E-state index in [0.717, 1.165) is 16.6 Å². The Bertz CT molecular complexity index is 531. The van der Waals surface area contributed by atoms with E-state index in [4.69, 9.17) is 10.00 Å². The number of hydrogen-bond donors (Lipinski definition) is 0. The van der Waals surface area contributed by atoms with Gasteiger partial charge in [-0.1, -0.05) is 24.3 Å². The topological polar surface area (TPSA) is 45.9 Å². The van der Waals surface area contributed by atoms with Gasteiger partial charge in [-0.15, -0.1) is 0 Å². The van der Waals surface area contributed by atoms with Gasteiger partial charge in [-0.25, -0.2) is 0 Å². The summed E-state index contributed by atoms with van der Waals surface area (Å²) in [4.78, 5) is 4.49. The van der Waals surface area contributed by atoms with Crippen molar-refractivity contribution in [1.29, 1.82) is 5.26 Å². The van der Waals surface area contributed by atoms with Crippen LogP contribution >= 0.6 is 0 Å². The standard InChI is InChI=1S/C14H13N2O/c15-9-3-10-17-11-8-13-7-6-12-4-1-2-5-14(12)16-13/h1-2,4-8H,3,10-11H2. The van der Waals surface area contributed by atoms with E-state index in [1.165, 1.54) is 0 Å². The molecule has 0 spiro atoms. The molecule has 0 bridgehead atoms. The largest absolute Gasteiger partial charge is 0.380 e. The van der Waals surface area contributed by atoms with Gasteiger partial charge in [0.15, 0.2) is 0 Å². The summed E-state index contributed by atoms with van der Waals surface area (Å²) in [6, 6.07) is 14.0. The Labute approximate surface area is 101 Å². The lowest BCUT2D eigenvalue weighted by Crippen LogP contribution is -1.99. The maximum Gasteiger partial charge on any atom is 0.0705 e. The highest BCUT2D eigenvalue weighted by molar-refractivity contribution is 5.78. The average Bonchev–Trinajstić information content (AvgIpc) is 2.38. The minimum absolute atomic E-state index is 0.430. The second-order valence-corrected chi connectivity index (χ2v) is 3.62. The summed E-state index contributed by atoms with van der Waals surface area (Å²) in [6.07, 6.45) is 2.35. The van der Waals surface area contributed by atoms with Crippen molar-refractivity contribution in [2.45, 2.75) is 6.42 Å². The Morgan fingerprint density at radius 1 is 1.24 bits per heavy atom. The Balaban J connectivity index is 1.93. The van der Waals surface area contributed by atoms with E-state index in [0.29, 0.717) is 19.6 Å². The van der Waals surface area contributed by atoms with Crippen molar-refractivity contribution in [3.05, 3.63) is 48.5 Å². The molecule has 3 nitrogen and oxygen atoms in total. The van der Waals surface area contributed by atoms with Crippen LogP contribution in [0.15, 0.2) is 36.4 Å². The zero-order valence-electron chi connectivity index (χ0n) is 9.47. The summed E-state index contributed by atoms with van der Waals surface area (Å²) < 4.78 is 5.27. The second kappa shape index (κ2) is 5.97. The molecule has 85 valence electrons. The van der Waals surface area contributed by atoms with Crippen molar-refractivity contribution in [3.63, 3.8) is 0 Å². The van der Waals surface area contributed by atoms with Gasteiger partial charge in [0, 0.05) is 17.5 Å². The quantitative estimate of drug-likeness (QED) is 0.735. The average molecular weight is 225 g/mol. The molecule has 0 atom stereocenters. The second-order valence-electron chi connectivity index (χ2n) is 3.62. The molecule has 1 radical (unpaired) electrons. The number of pyridine rings is 1. The number of hydrogen-bond acceptors (Lipinski definition) is 3. The summed E-state index contributed by atoms with van der Waals surface area (Å²) in [5.41, 5.74) is 1.89. The third-order valence-corrected chi connectivity index (χ3v) is 2.39. The molecular formula is C14H13N2O. The predicted molar refractivity (Wildman–Crippen MR) is 66.2 cm³/mol. The van der Waals surface area contributed by atoms with Crippen molar-refractivity contribution in [1.82, 2.24) is 4.98 Å². The van der Waals surface area contributed by atoms with E-state index < -0.39 is 0 Å². The van der Waals surface area contributed by atoms with Crippen LogP contribution in [0.2, 0.25) is 0 Å². The Morgan fingerprint density at radius 2 is 2.12 bits per heavy atom. The smallest absolute Gasteiger partial charge is 0.0705 e. The molecule has 0 aliphatic carbocycles. The maximum atomic E-state index is 8.35. The molecule has 0 unspecified atom stereocenters. The van der Waals surface area contributed by atoms with E-state index in [9.17, 15) is 0 Å². The number of aromatic nitrogens is 1. The highest BCUT2D eigenvalue weighted by Crippen LogP contribution is 2.12. The van der Waals surface area contributed by atoms with Crippen LogP contribution in [-0.2, 0) is 4.74 Å². The minimum Gasteiger partial charge on any atom is -0.380 e. The number of nitrogens with zero attached hydrogens (tertiary/aromatic N) is 2. The number of fused-ring (bicyclic) bond motifs is 1. The number of ether oxygens (including phenoxy) is 1. The molecular weight excluding hydrogens is 212 g/mol. The van der Waals surface area contributed by atoms with Gasteiger partial charge >= 0.3 is 0 Å². The van der Waals surface area contributed by atoms with Crippen LogP contribution in [0.3, 0.4) is 0 Å². The highest BCUT2D eigenvalue weighted by Gasteiger charge is 1.98. The molecule has 0 N–H and O–H groups in total. The van der Waals surface area contributed by atoms with Crippen molar-refractivity contribution >= 4 is 10.9 Å². The lowest BCUT2D eigenvalue weighted by atomic mass is 10.2. The Hall–Kier alpha value is -1.92. The number of benzene rings is 1. The molecule has 17 heavy (non-hydrogen) atoms. The first-order valence-electron chi connectivity index (χ1n) is 5.54. The van der Waals surface area contributed by atoms with Crippen LogP contribution in [0.1, 0.15) is 12.1 Å². The van der Waals surface area contributed by atoms with E-state index >= 15 is 0 Å². The first-order valence-corrected chi connectivity index (χ1v) is 5.54. The van der Waals surface area contributed by atoms with Crippen molar-refractivity contribution in [2.75, 3.05) is 13.2 Å². The van der Waals surface area contributed by atoms with E-state index in [2.05, 4.69) is 4.98 Å². The third kappa shape index (κ3) is 3.27. The Kier molecular flexibility index (Phi) is 4.06. The van der Waals surface area contributed by atoms with Crippen LogP contribution < -0.4 is 0 Å². The molecule has 0 aliphatic heterocycles. The lowest BCUT2D eigenvalue weighted by Gasteiger charge is -2.03. The first-order chi connectivity index (χ1) is 8.40. The van der Waals surface area contributed by atoms with Crippen LogP contribution in [0.25, 0.3) is 10.9 Å². The van der Waals surface area contributed by atoms with E-state index in [1.54, 1.807) is 0 Å². The first kappa shape index (κ1) is 11.6. The fourth-order valence-electron chi connectivity index (χ4n) is 1.54. The molecule has 0 saturated carbocycles. The number of para-hydroxylation sites is 1. The maximum absolute atomic E-state index is 8.35. The lowest BCUT2D eigenvalue weighted by molar-refractivity contribution is 0.161. The fraction of sp³-hybridized carbons (Fsp3) is 0.214. The molecule has 0 fully saturated rings. The van der Waals surface area contributed by atoms with Gasteiger partial charge in [-0.2, -0.15) is 5.26 Å². The van der Waals surface area contributed by atoms with E-state index in [1.807, 2.05) is 48.9 Å². The minimum atomic E-state index is 0.430. The van der Waals surface area contributed by atoms with Gasteiger partial charge in [-0.3, -0.25) is 4.98 Å². The molecule has 1 aromatic carbocycles. The van der Waals surface area contributed by atoms with Gasteiger partial charge in [-0.05, 0) is 12.1 Å². The van der Waals surface area contributed by atoms with Crippen LogP contribution in [0.5, 0.6) is 0 Å². The van der Waals surface area contributed by atoms with Gasteiger partial charge in [0.1, 0.15) is 0 Å². The monoisotopic (exact) mass is 225 g/mol. The molecule has 2 rings (SSSR count). The zero-order chi connectivity index (χ0) is 11.9. The van der Waals surface area contributed by atoms with Gasteiger partial charge in [0.05, 0.1) is 31.2 Å². The Morgan fingerprint density at radius 3 is 3.00 bits per heavy atom. The predicted octanol–water partition coefficient (Wildman–Crippen LogP) is 2.72. The van der Waals surface area contributed by atoms with Crippen molar-refractivity contribution in [2.24, 2.45) is 0 Å². The molecule has 0 saturated heterocycles. The van der Waals surface area contributed by atoms with Crippen LogP contribution in [0.4, 0.5) is 0 Å². The zero-order valence-corrected chi connectivity index (χ0v) is 9.47. The fourth-order valence-corrected chi connectivity index (χ4v) is 1.54. The molecule has 3 heteroatoms. The third-order valence-electron chi connectivity index (χ3n) is 2.39. The summed E-state index contributed by atoms with van der Waals surface area (Å²) in [7, 11) is 0. The molecule has 1 aromatic heterocycles. The molecule has 0 aliphatic rings. The number of rotatable bonds is 5. The molecule has 1 heterocycles. The SMILES string of the molecule is N#CCCOC[CH]c1ccc2ccccc2n1. The molecule has 0 amide bonds. The summed E-state index contributed by atoms with van der Waals surface area (Å²) in [5.74, 6) is 0. The summed E-state index contributed by atoms with van der Waals surface area (Å²) in [5, 5.41) is 9.48. The van der Waals surface area contributed by atoms with Crippen LogP contribution in [0, 0.1) is 17.8 Å². The van der Waals surface area contributed by atoms with Gasteiger partial charge < -0.3 is 4.74 Å². The van der Waals surface area contributed by atoms with Crippen molar-refractivity contribution in [3.8, 4) is 6.07 Å². The van der Waals surface area contributed by atoms with Gasteiger partial charge in [0.25, 0.3) is 0 Å². The number of nitriles is 1. The molecule has 2 aromatic rings. The van der Waals surface area contributed by atoms with Gasteiger partial charge in [0.2, 0.25) is 0 Å². The van der Waals surface area contributed by atoms with Crippen LogP contribution in [-0.4, -0.2) is 18.2 Å². The van der Waals surface area contributed by atoms with E-state index in [-0.39, 0.29) is 0 Å². The normalized spacial score (nSPS) is 10.3. The van der Waals surface area contributed by atoms with Crippen molar-refractivity contribution < 1.29 is 4.74 Å².